The molecule has 0 atom stereocenters. The van der Waals surface area contributed by atoms with E-state index in [4.69, 9.17) is 0 Å². The van der Waals surface area contributed by atoms with Crippen molar-refractivity contribution in [3.05, 3.63) is 525 Å². The largest absolute Gasteiger partial charge is 0.309 e. The van der Waals surface area contributed by atoms with E-state index in [0.717, 1.165) is 0 Å². The fraction of sp³-hybridized carbons (Fsp3) is 0.0638. The maximum Gasteiger partial charge on any atom is 0.0547 e. The second kappa shape index (κ2) is 33.1. The number of rotatable bonds is 10. The summed E-state index contributed by atoms with van der Waals surface area (Å²) in [7, 11) is 0. The Hall–Kier alpha value is -17.9. The maximum absolute atomic E-state index is 2.45. The summed E-state index contributed by atoms with van der Waals surface area (Å²) >= 11 is 1.89. The molecule has 28 aromatic rings. The Morgan fingerprint density at radius 1 is 0.143 bits per heavy atom. The molecule has 694 valence electrons. The lowest BCUT2D eigenvalue weighted by Gasteiger charge is -2.21. The molecule has 31 rings (SSSR count). The number of hydrogen-bond donors (Lipinski definition) is 0. The molecule has 3 aliphatic rings. The first-order valence-corrected chi connectivity index (χ1v) is 52.1. The minimum atomic E-state index is -0.0514. The highest BCUT2D eigenvalue weighted by molar-refractivity contribution is 7.26. The summed E-state index contributed by atoms with van der Waals surface area (Å²) in [5, 5.41) is 15.5. The molecule has 0 spiro atoms. The molecule has 0 saturated heterocycles. The van der Waals surface area contributed by atoms with Crippen molar-refractivity contribution in [2.24, 2.45) is 0 Å². The molecule has 147 heavy (non-hydrogen) atoms. The predicted molar refractivity (Wildman–Crippen MR) is 624 cm³/mol. The molecule has 5 nitrogen and oxygen atoms in total. The van der Waals surface area contributed by atoms with Gasteiger partial charge in [0.25, 0.3) is 0 Å². The summed E-state index contributed by atoms with van der Waals surface area (Å²) in [4.78, 5) is 0. The number of benzene rings is 22. The first-order valence-electron chi connectivity index (χ1n) is 51.3. The van der Waals surface area contributed by atoms with Gasteiger partial charge in [-0.05, 0) is 274 Å². The van der Waals surface area contributed by atoms with Gasteiger partial charge in [0.15, 0.2) is 0 Å². The molecule has 6 aromatic heterocycles. The lowest BCUT2D eigenvalue weighted by molar-refractivity contribution is 0.661. The van der Waals surface area contributed by atoms with Crippen LogP contribution in [0.4, 0.5) is 0 Å². The van der Waals surface area contributed by atoms with Crippen LogP contribution in [0.1, 0.15) is 74.9 Å². The van der Waals surface area contributed by atoms with Crippen LogP contribution < -0.4 is 0 Å². The number of thiophene rings is 1. The lowest BCUT2D eigenvalue weighted by Crippen LogP contribution is -2.14. The van der Waals surface area contributed by atoms with Crippen LogP contribution in [0, 0.1) is 0 Å². The van der Waals surface area contributed by atoms with E-state index >= 15 is 0 Å². The zero-order chi connectivity index (χ0) is 97.8. The molecule has 0 aliphatic heterocycles. The number of aromatic nitrogens is 5. The van der Waals surface area contributed by atoms with Crippen molar-refractivity contribution in [1.29, 1.82) is 0 Å². The van der Waals surface area contributed by atoms with Crippen LogP contribution in [0.25, 0.3) is 247 Å². The average Bonchev–Trinajstić information content (AvgIpc) is 1.55. The van der Waals surface area contributed by atoms with Gasteiger partial charge in [0, 0.05) is 119 Å². The molecule has 22 aromatic carbocycles. The van der Waals surface area contributed by atoms with Gasteiger partial charge >= 0.3 is 0 Å². The van der Waals surface area contributed by atoms with Crippen molar-refractivity contribution >= 4 is 141 Å². The van der Waals surface area contributed by atoms with Crippen molar-refractivity contribution in [2.75, 3.05) is 0 Å². The Morgan fingerprint density at radius 3 is 0.789 bits per heavy atom. The molecule has 3 aliphatic carbocycles. The fourth-order valence-electron chi connectivity index (χ4n) is 25.4. The van der Waals surface area contributed by atoms with Gasteiger partial charge in [-0.3, -0.25) is 0 Å². The summed E-state index contributed by atoms with van der Waals surface area (Å²) in [6.07, 6.45) is 0. The van der Waals surface area contributed by atoms with E-state index in [9.17, 15) is 0 Å². The van der Waals surface area contributed by atoms with E-state index < -0.39 is 0 Å². The van der Waals surface area contributed by atoms with Crippen molar-refractivity contribution in [1.82, 2.24) is 22.8 Å². The zero-order valence-electron chi connectivity index (χ0n) is 82.4. The quantitative estimate of drug-likeness (QED) is 0.130. The number of para-hydroxylation sites is 7. The molecule has 6 heteroatoms. The Labute approximate surface area is 856 Å². The molecule has 0 bridgehead atoms. The Balaban J connectivity index is 0.000000104. The maximum atomic E-state index is 2.45. The minimum Gasteiger partial charge on any atom is -0.309 e. The van der Waals surface area contributed by atoms with Crippen molar-refractivity contribution in [2.45, 2.75) is 57.8 Å². The lowest BCUT2D eigenvalue weighted by atomic mass is 9.82. The summed E-state index contributed by atoms with van der Waals surface area (Å²) in [5.74, 6) is 0. The standard InChI is InChI=1S/C51H36N2.C45H32N2.C45H31NS/c1-51(2)45-17-9-6-14-39(45)42-31-44-41-16-8-11-19-48(41)53(50(44)32-46(42)51)38-27-24-34(25-28-38)33-20-22-35(23-21-33)36-26-29-49-43(30-36)40-15-7-10-18-47(40)52(49)37-12-4-3-5-13-37;1-45(2)39-17-9-6-14-33(39)37-27-38-35-16-8-11-19-42(35)47(44(38)28-40(37)45)32-23-20-29(21-24-32)30-22-25-36-34-15-7-10-18-41(34)46(43(36)26-30)31-12-4-3-5-13-31;1-45(2)39-15-6-3-10-33(39)37-26-38-34-11-4-7-16-41(34)46(42(38)27-40(37)45)31-24-22-29(23-25-31)28-18-20-30(21-19-28)32-13-9-14-36-35-12-5-8-17-43(35)47-44(32)36/h3-32H,1-2H3;3-28H,1-2H3;3-27H,1-2H3. The normalized spacial score (nSPS) is 13.4. The molecule has 0 radical (unpaired) electrons. The van der Waals surface area contributed by atoms with Gasteiger partial charge in [0.05, 0.1) is 55.2 Å². The van der Waals surface area contributed by atoms with Gasteiger partial charge in [-0.25, -0.2) is 0 Å². The van der Waals surface area contributed by atoms with Gasteiger partial charge in [0.1, 0.15) is 0 Å². The van der Waals surface area contributed by atoms with Crippen LogP contribution in [0.2, 0.25) is 0 Å². The zero-order valence-corrected chi connectivity index (χ0v) is 83.2. The Kier molecular flexibility index (Phi) is 19.3. The molecule has 0 unspecified atom stereocenters. The average molecular weight is 1900 g/mol. The van der Waals surface area contributed by atoms with Crippen LogP contribution in [0.3, 0.4) is 0 Å². The molecule has 6 heterocycles. The summed E-state index contributed by atoms with van der Waals surface area (Å²) in [6.45, 7) is 14.2. The molecular weight excluding hydrogens is 1800 g/mol. The molecular formula is C141H99N5S. The van der Waals surface area contributed by atoms with Gasteiger partial charge < -0.3 is 22.8 Å². The van der Waals surface area contributed by atoms with Crippen LogP contribution in [-0.2, 0) is 16.2 Å². The van der Waals surface area contributed by atoms with Gasteiger partial charge in [0.2, 0.25) is 0 Å². The number of fused-ring (bicyclic) bond motifs is 27. The second-order valence-corrected chi connectivity index (χ2v) is 42.8. The van der Waals surface area contributed by atoms with Gasteiger partial charge in [-0.1, -0.05) is 381 Å². The van der Waals surface area contributed by atoms with Crippen LogP contribution >= 0.6 is 11.3 Å². The minimum absolute atomic E-state index is 0.0417. The van der Waals surface area contributed by atoms with Crippen LogP contribution in [0.5, 0.6) is 0 Å². The Bertz CT molecular complexity index is 10300. The van der Waals surface area contributed by atoms with E-state index in [1.807, 2.05) is 11.3 Å². The van der Waals surface area contributed by atoms with E-state index in [1.54, 1.807) is 0 Å². The van der Waals surface area contributed by atoms with E-state index in [-0.39, 0.29) is 16.2 Å². The smallest absolute Gasteiger partial charge is 0.0547 e. The fourth-order valence-corrected chi connectivity index (χ4v) is 26.7. The molecule has 0 amide bonds. The number of hydrogen-bond acceptors (Lipinski definition) is 1. The summed E-state index contributed by atoms with van der Waals surface area (Å²) in [5.41, 5.74) is 47.0. The SMILES string of the molecule is CC1(C)c2ccccc2-c2cc3c4ccccc4n(-c4ccc(-c5ccc(-c6ccc7c(c6)c6ccccc6n7-c6ccccc6)cc5)cc4)c3cc21.CC1(C)c2ccccc2-c2cc3c4ccccc4n(-c4ccc(-c5ccc(-c6cccc7c6sc6ccccc67)cc5)cc4)c3cc21.CC1(C)c2ccccc2-c2cc3c4ccccc4n(-c4ccc(-c5ccc6c7ccccc7n(-c7ccccc7)c6c5)cc4)c3cc21. The molecule has 0 fully saturated rings. The van der Waals surface area contributed by atoms with Crippen molar-refractivity contribution in [3.8, 4) is 117 Å². The van der Waals surface area contributed by atoms with Gasteiger partial charge in [-0.2, -0.15) is 0 Å². The topological polar surface area (TPSA) is 24.6 Å². The third-order valence-electron chi connectivity index (χ3n) is 32.7. The van der Waals surface area contributed by atoms with Crippen molar-refractivity contribution in [3.63, 3.8) is 0 Å². The highest BCUT2D eigenvalue weighted by Gasteiger charge is 2.40. The van der Waals surface area contributed by atoms with E-state index in [0.29, 0.717) is 0 Å². The number of nitrogens with zero attached hydrogens (tertiary/aromatic N) is 5. The molecule has 0 N–H and O–H groups in total. The van der Waals surface area contributed by atoms with E-state index in [1.165, 1.54) is 280 Å². The highest BCUT2D eigenvalue weighted by Crippen LogP contribution is 2.56. The second-order valence-electron chi connectivity index (χ2n) is 41.7. The van der Waals surface area contributed by atoms with E-state index in [2.05, 4.69) is 556 Å². The monoisotopic (exact) mass is 1890 g/mol. The van der Waals surface area contributed by atoms with Gasteiger partial charge in [-0.15, -0.1) is 11.3 Å². The summed E-state index contributed by atoms with van der Waals surface area (Å²) in [6, 6.07) is 181. The van der Waals surface area contributed by atoms with Crippen molar-refractivity contribution < 1.29 is 0 Å². The third kappa shape index (κ3) is 13.3. The highest BCUT2D eigenvalue weighted by atomic mass is 32.1. The van der Waals surface area contributed by atoms with Crippen LogP contribution in [0.15, 0.2) is 491 Å². The first-order chi connectivity index (χ1) is 72.2. The predicted octanol–water partition coefficient (Wildman–Crippen LogP) is 38.2. The third-order valence-corrected chi connectivity index (χ3v) is 33.9. The Morgan fingerprint density at radius 2 is 0.395 bits per heavy atom. The first kappa shape index (κ1) is 85.8. The molecule has 0 saturated carbocycles. The van der Waals surface area contributed by atoms with Crippen LogP contribution in [-0.4, -0.2) is 22.8 Å². The summed E-state index contributed by atoms with van der Waals surface area (Å²) < 4.78 is 14.8.